The third kappa shape index (κ3) is 1.51. The van der Waals surface area contributed by atoms with Crippen molar-refractivity contribution in [2.75, 3.05) is 0 Å². The average molecular weight is 209 g/mol. The molecule has 5 nitrogen and oxygen atoms in total. The average Bonchev–Trinajstić information content (AvgIpc) is 2.57. The van der Waals surface area contributed by atoms with Crippen molar-refractivity contribution in [3.05, 3.63) is 33.5 Å². The van der Waals surface area contributed by atoms with Gasteiger partial charge in [0, 0.05) is 24.9 Å². The van der Waals surface area contributed by atoms with Gasteiger partial charge in [0.05, 0.1) is 0 Å². The van der Waals surface area contributed by atoms with Crippen LogP contribution < -0.4 is 5.56 Å². The summed E-state index contributed by atoms with van der Waals surface area (Å²) in [5.74, 6) is 0.327. The van der Waals surface area contributed by atoms with Crippen molar-refractivity contribution >= 4 is 12.2 Å². The number of aromatic nitrogens is 3. The molecule has 72 valence electrons. The lowest BCUT2D eigenvalue weighted by molar-refractivity contribution is 0.551. The fourth-order valence-corrected chi connectivity index (χ4v) is 1.16. The lowest BCUT2D eigenvalue weighted by Gasteiger charge is -1.96. The summed E-state index contributed by atoms with van der Waals surface area (Å²) in [5.41, 5.74) is 0.493. The third-order valence-corrected chi connectivity index (χ3v) is 1.96. The standard InChI is InChI=1S/C8H7N3O2S/c1-11-3-2-5(4-6(11)12)7-9-10-8(14)13-7/h2-4H,1H3,(H,10,14). The van der Waals surface area contributed by atoms with Crippen LogP contribution in [0.25, 0.3) is 11.5 Å². The second kappa shape index (κ2) is 3.22. The van der Waals surface area contributed by atoms with Gasteiger partial charge in [-0.1, -0.05) is 0 Å². The van der Waals surface area contributed by atoms with Crippen LogP contribution in [0.15, 0.2) is 27.5 Å². The summed E-state index contributed by atoms with van der Waals surface area (Å²) >= 11 is 4.72. The lowest BCUT2D eigenvalue weighted by Crippen LogP contribution is -2.14. The molecule has 2 rings (SSSR count). The van der Waals surface area contributed by atoms with E-state index in [2.05, 4.69) is 10.2 Å². The van der Waals surface area contributed by atoms with E-state index >= 15 is 0 Å². The van der Waals surface area contributed by atoms with Crippen LogP contribution in [-0.2, 0) is 7.05 Å². The van der Waals surface area contributed by atoms with Crippen LogP contribution in [0.1, 0.15) is 0 Å². The minimum Gasteiger partial charge on any atom is -0.409 e. The summed E-state index contributed by atoms with van der Waals surface area (Å²) in [6.07, 6.45) is 1.64. The van der Waals surface area contributed by atoms with Crippen molar-refractivity contribution in [3.63, 3.8) is 0 Å². The monoisotopic (exact) mass is 209 g/mol. The van der Waals surface area contributed by atoms with Crippen LogP contribution in [0.3, 0.4) is 0 Å². The van der Waals surface area contributed by atoms with Crippen LogP contribution in [0, 0.1) is 4.84 Å². The Bertz CT molecular complexity index is 566. The first-order valence-electron chi connectivity index (χ1n) is 3.89. The number of nitrogens with one attached hydrogen (secondary N) is 1. The van der Waals surface area contributed by atoms with E-state index in [-0.39, 0.29) is 10.4 Å². The second-order valence-electron chi connectivity index (χ2n) is 2.78. The molecule has 2 aromatic heterocycles. The van der Waals surface area contributed by atoms with Gasteiger partial charge in [-0.05, 0) is 18.3 Å². The summed E-state index contributed by atoms with van der Waals surface area (Å²) in [4.78, 5) is 11.5. The number of nitrogens with zero attached hydrogens (tertiary/aromatic N) is 2. The van der Waals surface area contributed by atoms with Gasteiger partial charge in [0.1, 0.15) is 0 Å². The Balaban J connectivity index is 2.58. The zero-order valence-corrected chi connectivity index (χ0v) is 8.17. The molecular weight excluding hydrogens is 202 g/mol. The van der Waals surface area contributed by atoms with Gasteiger partial charge < -0.3 is 8.98 Å². The topological polar surface area (TPSA) is 63.8 Å². The molecule has 0 atom stereocenters. The largest absolute Gasteiger partial charge is 0.409 e. The van der Waals surface area contributed by atoms with Gasteiger partial charge in [0.15, 0.2) is 0 Å². The Labute approximate surface area is 84.0 Å². The molecule has 14 heavy (non-hydrogen) atoms. The summed E-state index contributed by atoms with van der Waals surface area (Å²) in [6.45, 7) is 0. The molecule has 0 saturated carbocycles. The highest BCUT2D eigenvalue weighted by molar-refractivity contribution is 7.71. The van der Waals surface area contributed by atoms with Gasteiger partial charge in [-0.2, -0.15) is 0 Å². The van der Waals surface area contributed by atoms with E-state index in [0.717, 1.165) is 0 Å². The first-order chi connectivity index (χ1) is 6.66. The maximum absolute atomic E-state index is 11.3. The van der Waals surface area contributed by atoms with Crippen LogP contribution in [0.4, 0.5) is 0 Å². The van der Waals surface area contributed by atoms with Crippen LogP contribution in [0.5, 0.6) is 0 Å². The highest BCUT2D eigenvalue weighted by Crippen LogP contribution is 2.13. The molecule has 1 N–H and O–H groups in total. The molecule has 6 heteroatoms. The Morgan fingerprint density at radius 2 is 2.43 bits per heavy atom. The first kappa shape index (κ1) is 8.89. The SMILES string of the molecule is Cn1ccc(-c2n[nH]c(=S)o2)cc1=O. The number of hydrogen-bond acceptors (Lipinski definition) is 4. The maximum Gasteiger partial charge on any atom is 0.284 e. The summed E-state index contributed by atoms with van der Waals surface area (Å²) < 4.78 is 6.53. The molecule has 0 spiro atoms. The van der Waals surface area contributed by atoms with E-state index in [9.17, 15) is 4.79 Å². The highest BCUT2D eigenvalue weighted by atomic mass is 32.1. The van der Waals surface area contributed by atoms with Gasteiger partial charge in [0.25, 0.3) is 10.4 Å². The van der Waals surface area contributed by atoms with Gasteiger partial charge in [-0.3, -0.25) is 4.79 Å². The number of aryl methyl sites for hydroxylation is 1. The molecule has 0 saturated heterocycles. The van der Waals surface area contributed by atoms with Crippen LogP contribution in [0.2, 0.25) is 0 Å². The summed E-state index contributed by atoms with van der Waals surface area (Å²) in [5, 5.41) is 6.30. The third-order valence-electron chi connectivity index (χ3n) is 1.79. The molecule has 0 aromatic carbocycles. The molecule has 0 bridgehead atoms. The summed E-state index contributed by atoms with van der Waals surface area (Å²) in [7, 11) is 1.67. The first-order valence-corrected chi connectivity index (χ1v) is 4.30. The van der Waals surface area contributed by atoms with Gasteiger partial charge >= 0.3 is 0 Å². The smallest absolute Gasteiger partial charge is 0.284 e. The lowest BCUT2D eigenvalue weighted by atomic mass is 10.3. The Kier molecular flexibility index (Phi) is 2.05. The highest BCUT2D eigenvalue weighted by Gasteiger charge is 2.04. The van der Waals surface area contributed by atoms with Gasteiger partial charge in [0.2, 0.25) is 5.89 Å². The van der Waals surface area contributed by atoms with Gasteiger partial charge in [-0.15, -0.1) is 5.10 Å². The molecular formula is C8H7N3O2S. The Hall–Kier alpha value is -1.69. The van der Waals surface area contributed by atoms with Crippen molar-refractivity contribution < 1.29 is 4.42 Å². The van der Waals surface area contributed by atoms with Crippen molar-refractivity contribution in [3.8, 4) is 11.5 Å². The van der Waals surface area contributed by atoms with E-state index in [4.69, 9.17) is 16.6 Å². The fraction of sp³-hybridized carbons (Fsp3) is 0.125. The van der Waals surface area contributed by atoms with Crippen molar-refractivity contribution in [1.82, 2.24) is 14.8 Å². The fourth-order valence-electron chi connectivity index (χ4n) is 1.03. The molecule has 2 aromatic rings. The predicted molar refractivity (Wildman–Crippen MR) is 52.4 cm³/mol. The van der Waals surface area contributed by atoms with Crippen molar-refractivity contribution in [2.24, 2.45) is 7.05 Å². The van der Waals surface area contributed by atoms with E-state index in [0.29, 0.717) is 11.5 Å². The van der Waals surface area contributed by atoms with Crippen molar-refractivity contribution in [1.29, 1.82) is 0 Å². The maximum atomic E-state index is 11.3. The molecule has 2 heterocycles. The number of pyridine rings is 1. The van der Waals surface area contributed by atoms with E-state index < -0.39 is 0 Å². The van der Waals surface area contributed by atoms with Crippen LogP contribution >= 0.6 is 12.2 Å². The van der Waals surface area contributed by atoms with E-state index in [1.165, 1.54) is 10.6 Å². The molecule has 0 amide bonds. The molecule has 0 radical (unpaired) electrons. The number of hydrogen-bond donors (Lipinski definition) is 1. The number of rotatable bonds is 1. The Morgan fingerprint density at radius 1 is 1.64 bits per heavy atom. The van der Waals surface area contributed by atoms with Crippen molar-refractivity contribution in [2.45, 2.75) is 0 Å². The zero-order chi connectivity index (χ0) is 10.1. The molecule has 0 fully saturated rings. The minimum atomic E-state index is -0.119. The normalized spacial score (nSPS) is 10.4. The van der Waals surface area contributed by atoms with E-state index in [1.807, 2.05) is 0 Å². The Morgan fingerprint density at radius 3 is 3.00 bits per heavy atom. The number of aromatic amines is 1. The molecule has 0 unspecified atom stereocenters. The number of H-pyrrole nitrogens is 1. The summed E-state index contributed by atoms with van der Waals surface area (Å²) in [6, 6.07) is 3.17. The van der Waals surface area contributed by atoms with E-state index in [1.54, 1.807) is 19.3 Å². The molecule has 0 aliphatic rings. The second-order valence-corrected chi connectivity index (χ2v) is 3.15. The predicted octanol–water partition coefficient (Wildman–Crippen LogP) is 1.10. The quantitative estimate of drug-likeness (QED) is 0.714. The molecule has 0 aliphatic heterocycles. The zero-order valence-electron chi connectivity index (χ0n) is 7.35. The van der Waals surface area contributed by atoms with Crippen LogP contribution in [-0.4, -0.2) is 14.8 Å². The molecule has 0 aliphatic carbocycles. The minimum absolute atomic E-state index is 0.119. The van der Waals surface area contributed by atoms with Gasteiger partial charge in [-0.25, -0.2) is 5.10 Å².